The van der Waals surface area contributed by atoms with Crippen LogP contribution in [0, 0.1) is 13.8 Å². The van der Waals surface area contributed by atoms with Gasteiger partial charge in [-0.25, -0.2) is 0 Å². The summed E-state index contributed by atoms with van der Waals surface area (Å²) in [5.41, 5.74) is 4.48. The minimum absolute atomic E-state index is 0.0514. The highest BCUT2D eigenvalue weighted by molar-refractivity contribution is 5.92. The number of benzene rings is 2. The molecule has 2 aromatic rings. The second kappa shape index (κ2) is 7.43. The zero-order chi connectivity index (χ0) is 17.8. The number of amides is 1. The topological polar surface area (TPSA) is 43.8 Å². The summed E-state index contributed by atoms with van der Waals surface area (Å²) in [6.45, 7) is 7.04. The van der Waals surface area contributed by atoms with E-state index < -0.39 is 0 Å². The number of hydrogen-bond donors (Lipinski definition) is 1. The van der Waals surface area contributed by atoms with Crippen molar-refractivity contribution < 1.29 is 9.90 Å². The van der Waals surface area contributed by atoms with Gasteiger partial charge in [0.1, 0.15) is 5.75 Å². The van der Waals surface area contributed by atoms with Gasteiger partial charge in [0.2, 0.25) is 5.91 Å². The Balaban J connectivity index is 1.59. The SMILES string of the molecule is Cc1ccc(C=CC(=O)N2CCN(c3cccc(O)c3)CC2)c(C)c1. The molecular weight excluding hydrogens is 312 g/mol. The molecule has 1 aliphatic heterocycles. The number of phenols is 1. The minimum Gasteiger partial charge on any atom is -0.508 e. The lowest BCUT2D eigenvalue weighted by Gasteiger charge is -2.35. The summed E-state index contributed by atoms with van der Waals surface area (Å²) in [7, 11) is 0. The third-order valence-corrected chi connectivity index (χ3v) is 4.62. The number of piperazine rings is 1. The lowest BCUT2D eigenvalue weighted by molar-refractivity contribution is -0.126. The monoisotopic (exact) mass is 336 g/mol. The smallest absolute Gasteiger partial charge is 0.246 e. The van der Waals surface area contributed by atoms with Crippen molar-refractivity contribution in [1.29, 1.82) is 0 Å². The quantitative estimate of drug-likeness (QED) is 0.874. The van der Waals surface area contributed by atoms with Gasteiger partial charge in [-0.1, -0.05) is 29.8 Å². The number of carbonyl (C=O) groups is 1. The Morgan fingerprint density at radius 2 is 1.80 bits per heavy atom. The van der Waals surface area contributed by atoms with Crippen LogP contribution in [0.4, 0.5) is 5.69 Å². The average Bonchev–Trinajstić information content (AvgIpc) is 2.61. The summed E-state index contributed by atoms with van der Waals surface area (Å²) in [6, 6.07) is 13.5. The summed E-state index contributed by atoms with van der Waals surface area (Å²) in [5, 5.41) is 9.60. The maximum absolute atomic E-state index is 12.4. The molecule has 0 aromatic heterocycles. The van der Waals surface area contributed by atoms with Crippen LogP contribution in [-0.2, 0) is 4.79 Å². The number of aromatic hydroxyl groups is 1. The summed E-state index contributed by atoms with van der Waals surface area (Å²) in [6.07, 6.45) is 3.57. The maximum atomic E-state index is 12.4. The van der Waals surface area contributed by atoms with Crippen LogP contribution < -0.4 is 4.90 Å². The highest BCUT2D eigenvalue weighted by Gasteiger charge is 2.20. The van der Waals surface area contributed by atoms with E-state index in [-0.39, 0.29) is 11.7 Å². The van der Waals surface area contributed by atoms with Gasteiger partial charge in [0.15, 0.2) is 0 Å². The lowest BCUT2D eigenvalue weighted by atomic mass is 10.1. The van der Waals surface area contributed by atoms with Crippen molar-refractivity contribution in [3.63, 3.8) is 0 Å². The summed E-state index contributed by atoms with van der Waals surface area (Å²) in [5.74, 6) is 0.322. The third-order valence-electron chi connectivity index (χ3n) is 4.62. The molecule has 1 fully saturated rings. The number of nitrogens with zero attached hydrogens (tertiary/aromatic N) is 2. The molecule has 4 heteroatoms. The molecule has 1 N–H and O–H groups in total. The van der Waals surface area contributed by atoms with Gasteiger partial charge in [0.25, 0.3) is 0 Å². The number of hydrogen-bond acceptors (Lipinski definition) is 3. The van der Waals surface area contributed by atoms with Crippen molar-refractivity contribution in [2.75, 3.05) is 31.1 Å². The van der Waals surface area contributed by atoms with Gasteiger partial charge in [-0.05, 0) is 43.2 Å². The average molecular weight is 336 g/mol. The van der Waals surface area contributed by atoms with Crippen LogP contribution in [0.15, 0.2) is 48.5 Å². The molecule has 0 saturated carbocycles. The summed E-state index contributed by atoms with van der Waals surface area (Å²) >= 11 is 0. The molecular formula is C21H24N2O2. The Kier molecular flexibility index (Phi) is 5.08. The van der Waals surface area contributed by atoms with E-state index in [1.807, 2.05) is 29.2 Å². The first kappa shape index (κ1) is 17.1. The highest BCUT2D eigenvalue weighted by atomic mass is 16.3. The van der Waals surface area contributed by atoms with Crippen molar-refractivity contribution in [1.82, 2.24) is 4.90 Å². The second-order valence-electron chi connectivity index (χ2n) is 6.53. The van der Waals surface area contributed by atoms with Crippen LogP contribution in [-0.4, -0.2) is 42.1 Å². The Hall–Kier alpha value is -2.75. The molecule has 130 valence electrons. The Morgan fingerprint density at radius 1 is 1.04 bits per heavy atom. The van der Waals surface area contributed by atoms with E-state index in [1.54, 1.807) is 18.2 Å². The molecule has 1 amide bonds. The first-order chi connectivity index (χ1) is 12.0. The molecule has 0 atom stereocenters. The molecule has 0 spiro atoms. The molecule has 3 rings (SSSR count). The van der Waals surface area contributed by atoms with Crippen molar-refractivity contribution in [3.05, 3.63) is 65.2 Å². The van der Waals surface area contributed by atoms with E-state index in [9.17, 15) is 9.90 Å². The first-order valence-corrected chi connectivity index (χ1v) is 8.61. The van der Waals surface area contributed by atoms with Gasteiger partial charge >= 0.3 is 0 Å². The van der Waals surface area contributed by atoms with Crippen molar-refractivity contribution in [2.45, 2.75) is 13.8 Å². The molecule has 1 aliphatic rings. The normalized spacial score (nSPS) is 15.0. The highest BCUT2D eigenvalue weighted by Crippen LogP contribution is 2.21. The fourth-order valence-corrected chi connectivity index (χ4v) is 3.15. The Morgan fingerprint density at radius 3 is 2.48 bits per heavy atom. The van der Waals surface area contributed by atoms with Gasteiger partial charge in [0, 0.05) is 44.0 Å². The van der Waals surface area contributed by atoms with Crippen molar-refractivity contribution in [2.24, 2.45) is 0 Å². The number of anilines is 1. The van der Waals surface area contributed by atoms with E-state index in [2.05, 4.69) is 30.9 Å². The number of phenolic OH excluding ortho intramolecular Hbond substituents is 1. The summed E-state index contributed by atoms with van der Waals surface area (Å²) in [4.78, 5) is 16.5. The molecule has 0 aliphatic carbocycles. The van der Waals surface area contributed by atoms with Gasteiger partial charge in [-0.2, -0.15) is 0 Å². The number of rotatable bonds is 3. The van der Waals surface area contributed by atoms with Gasteiger partial charge in [-0.3, -0.25) is 4.79 Å². The Labute approximate surface area is 149 Å². The minimum atomic E-state index is 0.0514. The zero-order valence-electron chi connectivity index (χ0n) is 14.8. The summed E-state index contributed by atoms with van der Waals surface area (Å²) < 4.78 is 0. The zero-order valence-corrected chi connectivity index (χ0v) is 14.8. The largest absolute Gasteiger partial charge is 0.508 e. The molecule has 0 unspecified atom stereocenters. The van der Waals surface area contributed by atoms with Crippen LogP contribution in [0.25, 0.3) is 6.08 Å². The van der Waals surface area contributed by atoms with Crippen LogP contribution in [0.1, 0.15) is 16.7 Å². The fraction of sp³-hybridized carbons (Fsp3) is 0.286. The van der Waals surface area contributed by atoms with Crippen LogP contribution in [0.5, 0.6) is 5.75 Å². The van der Waals surface area contributed by atoms with Gasteiger partial charge in [0.05, 0.1) is 0 Å². The number of carbonyl (C=O) groups excluding carboxylic acids is 1. The molecule has 0 bridgehead atoms. The number of aryl methyl sites for hydroxylation is 2. The third kappa shape index (κ3) is 4.21. The van der Waals surface area contributed by atoms with E-state index in [0.717, 1.165) is 24.3 Å². The van der Waals surface area contributed by atoms with Crippen LogP contribution >= 0.6 is 0 Å². The molecule has 1 heterocycles. The first-order valence-electron chi connectivity index (χ1n) is 8.61. The predicted molar refractivity (Wildman–Crippen MR) is 102 cm³/mol. The van der Waals surface area contributed by atoms with Gasteiger partial charge in [-0.15, -0.1) is 0 Å². The molecule has 25 heavy (non-hydrogen) atoms. The van der Waals surface area contributed by atoms with Crippen molar-refractivity contribution in [3.8, 4) is 5.75 Å². The lowest BCUT2D eigenvalue weighted by Crippen LogP contribution is -2.48. The molecule has 0 radical (unpaired) electrons. The van der Waals surface area contributed by atoms with Gasteiger partial charge < -0.3 is 14.9 Å². The molecule has 4 nitrogen and oxygen atoms in total. The maximum Gasteiger partial charge on any atom is 0.246 e. The Bertz CT molecular complexity index is 790. The molecule has 2 aromatic carbocycles. The van der Waals surface area contributed by atoms with Crippen LogP contribution in [0.2, 0.25) is 0 Å². The van der Waals surface area contributed by atoms with E-state index in [0.29, 0.717) is 13.1 Å². The second-order valence-corrected chi connectivity index (χ2v) is 6.53. The standard InChI is InChI=1S/C21H24N2O2/c1-16-6-7-18(17(2)14-16)8-9-21(25)23-12-10-22(11-13-23)19-4-3-5-20(24)15-19/h3-9,14-15,24H,10-13H2,1-2H3. The van der Waals surface area contributed by atoms with Crippen LogP contribution in [0.3, 0.4) is 0 Å². The molecule has 1 saturated heterocycles. The van der Waals surface area contributed by atoms with E-state index in [4.69, 9.17) is 0 Å². The van der Waals surface area contributed by atoms with Crippen molar-refractivity contribution >= 4 is 17.7 Å². The predicted octanol–water partition coefficient (Wildman–Crippen LogP) is 3.37. The fourth-order valence-electron chi connectivity index (χ4n) is 3.15. The van der Waals surface area contributed by atoms with E-state index in [1.165, 1.54) is 11.1 Å². The van der Waals surface area contributed by atoms with E-state index >= 15 is 0 Å².